The first-order chi connectivity index (χ1) is 10.2. The van der Waals surface area contributed by atoms with Crippen LogP contribution >= 0.6 is 23.1 Å². The summed E-state index contributed by atoms with van der Waals surface area (Å²) in [6.45, 7) is 7.35. The normalized spacial score (nSPS) is 18.6. The number of hydrogen-bond donors (Lipinski definition) is 0. The van der Waals surface area contributed by atoms with Gasteiger partial charge in [-0.25, -0.2) is 4.79 Å². The van der Waals surface area contributed by atoms with Gasteiger partial charge in [-0.3, -0.25) is 9.59 Å². The highest BCUT2D eigenvalue weighted by Crippen LogP contribution is 2.35. The maximum absolute atomic E-state index is 12.3. The van der Waals surface area contributed by atoms with Crippen molar-refractivity contribution in [3.05, 3.63) is 17.0 Å². The molecule has 2 heterocycles. The molecule has 7 heteroatoms. The van der Waals surface area contributed by atoms with Crippen molar-refractivity contribution < 1.29 is 19.1 Å². The second kappa shape index (κ2) is 6.42. The van der Waals surface area contributed by atoms with Gasteiger partial charge in [0.1, 0.15) is 10.6 Å². The lowest BCUT2D eigenvalue weighted by atomic mass is 10.2. The van der Waals surface area contributed by atoms with Crippen LogP contribution in [0.1, 0.15) is 44.5 Å². The molecule has 1 aliphatic rings. The van der Waals surface area contributed by atoms with Crippen molar-refractivity contribution in [1.82, 2.24) is 0 Å². The second-order valence-electron chi connectivity index (χ2n) is 6.08. The first-order valence-corrected chi connectivity index (χ1v) is 8.72. The highest BCUT2D eigenvalue weighted by Gasteiger charge is 2.35. The molecule has 0 aliphatic carbocycles. The van der Waals surface area contributed by atoms with E-state index in [4.69, 9.17) is 4.74 Å². The molecule has 0 N–H and O–H groups in total. The number of anilines is 1. The predicted octanol–water partition coefficient (Wildman–Crippen LogP) is 3.09. The Morgan fingerprint density at radius 3 is 2.68 bits per heavy atom. The molecule has 1 aromatic heterocycles. The zero-order valence-corrected chi connectivity index (χ0v) is 14.7. The summed E-state index contributed by atoms with van der Waals surface area (Å²) in [5.74, 6) is -0.495. The molecule has 1 unspecified atom stereocenters. The third-order valence-electron chi connectivity index (χ3n) is 2.93. The second-order valence-corrected chi connectivity index (χ2v) is 8.45. The number of esters is 1. The van der Waals surface area contributed by atoms with E-state index in [0.29, 0.717) is 23.5 Å². The van der Waals surface area contributed by atoms with Gasteiger partial charge in [-0.15, -0.1) is 11.3 Å². The number of thiophene rings is 1. The van der Waals surface area contributed by atoms with Crippen LogP contribution in [0.4, 0.5) is 5.00 Å². The Balaban J connectivity index is 2.17. The monoisotopic (exact) mass is 341 g/mol. The minimum Gasteiger partial charge on any atom is -0.456 e. The van der Waals surface area contributed by atoms with Gasteiger partial charge in [0.15, 0.2) is 5.12 Å². The van der Waals surface area contributed by atoms with E-state index < -0.39 is 11.6 Å². The Labute approximate surface area is 138 Å². The number of carbonyl (C=O) groups is 3. The van der Waals surface area contributed by atoms with Crippen LogP contribution in [0.25, 0.3) is 0 Å². The highest BCUT2D eigenvalue weighted by molar-refractivity contribution is 8.14. The summed E-state index contributed by atoms with van der Waals surface area (Å²) in [6.07, 6.45) is 0.315. The molecule has 1 aromatic rings. The Hall–Kier alpha value is -1.34. The molecule has 2 rings (SSSR count). The van der Waals surface area contributed by atoms with Gasteiger partial charge in [-0.2, -0.15) is 0 Å². The van der Waals surface area contributed by atoms with E-state index in [1.807, 2.05) is 0 Å². The lowest BCUT2D eigenvalue weighted by Gasteiger charge is -2.21. The van der Waals surface area contributed by atoms with Gasteiger partial charge in [0, 0.05) is 25.1 Å². The van der Waals surface area contributed by atoms with Gasteiger partial charge in [0.2, 0.25) is 5.91 Å². The molecular formula is C15H19NO4S2. The summed E-state index contributed by atoms with van der Waals surface area (Å²) in [5.41, 5.74) is -0.181. The van der Waals surface area contributed by atoms with Crippen molar-refractivity contribution in [2.75, 3.05) is 11.4 Å². The SMILES string of the molecule is CC(=O)SC1CC(=O)N(c2sccc2C(=O)OC(C)(C)C)C1. The Morgan fingerprint density at radius 2 is 2.09 bits per heavy atom. The third kappa shape index (κ3) is 4.10. The van der Waals surface area contributed by atoms with Gasteiger partial charge in [0.25, 0.3) is 0 Å². The van der Waals surface area contributed by atoms with Crippen LogP contribution in [-0.4, -0.2) is 34.4 Å². The summed E-state index contributed by atoms with van der Waals surface area (Å²) in [7, 11) is 0. The van der Waals surface area contributed by atoms with Crippen LogP contribution in [0, 0.1) is 0 Å². The van der Waals surface area contributed by atoms with Gasteiger partial charge >= 0.3 is 5.97 Å². The summed E-state index contributed by atoms with van der Waals surface area (Å²) in [5, 5.41) is 2.32. The molecule has 0 spiro atoms. The third-order valence-corrected chi connectivity index (χ3v) is 4.85. The standard InChI is InChI=1S/C15H19NO4S2/c1-9(17)22-10-7-12(18)16(8-10)13-11(5-6-21-13)14(19)20-15(2,3)4/h5-6,10H,7-8H2,1-4H3. The Bertz CT molecular complexity index is 603. The van der Waals surface area contributed by atoms with Gasteiger partial charge < -0.3 is 9.64 Å². The molecule has 0 radical (unpaired) electrons. The molecule has 1 amide bonds. The highest BCUT2D eigenvalue weighted by atomic mass is 32.2. The number of rotatable bonds is 3. The first kappa shape index (κ1) is 17.0. The fourth-order valence-electron chi connectivity index (χ4n) is 2.18. The van der Waals surface area contributed by atoms with E-state index in [9.17, 15) is 14.4 Å². The quantitative estimate of drug-likeness (QED) is 0.791. The van der Waals surface area contributed by atoms with Crippen LogP contribution in [0.2, 0.25) is 0 Å². The van der Waals surface area contributed by atoms with E-state index in [1.165, 1.54) is 30.0 Å². The lowest BCUT2D eigenvalue weighted by molar-refractivity contribution is -0.117. The summed E-state index contributed by atoms with van der Waals surface area (Å²) in [6, 6.07) is 1.67. The molecule has 1 aliphatic heterocycles. The van der Waals surface area contributed by atoms with Gasteiger partial charge in [0.05, 0.1) is 5.56 Å². The largest absolute Gasteiger partial charge is 0.456 e. The van der Waals surface area contributed by atoms with E-state index in [0.717, 1.165) is 0 Å². The molecule has 0 saturated carbocycles. The maximum Gasteiger partial charge on any atom is 0.341 e. The van der Waals surface area contributed by atoms with E-state index in [-0.39, 0.29) is 16.3 Å². The Kier molecular flexibility index (Phi) is 4.97. The molecule has 1 atom stereocenters. The van der Waals surface area contributed by atoms with Crippen molar-refractivity contribution >= 4 is 45.1 Å². The molecule has 1 fully saturated rings. The molecular weight excluding hydrogens is 322 g/mol. The van der Waals surface area contributed by atoms with Crippen LogP contribution in [0.15, 0.2) is 11.4 Å². The van der Waals surface area contributed by atoms with Gasteiger partial charge in [-0.05, 0) is 32.2 Å². The number of amides is 1. The topological polar surface area (TPSA) is 63.7 Å². The average molecular weight is 341 g/mol. The average Bonchev–Trinajstić information content (AvgIpc) is 2.92. The lowest BCUT2D eigenvalue weighted by Crippen LogP contribution is -2.28. The van der Waals surface area contributed by atoms with Gasteiger partial charge in [-0.1, -0.05) is 11.8 Å². The van der Waals surface area contributed by atoms with Crippen molar-refractivity contribution in [3.8, 4) is 0 Å². The number of carbonyl (C=O) groups excluding carboxylic acids is 3. The minimum atomic E-state index is -0.585. The summed E-state index contributed by atoms with van der Waals surface area (Å²) < 4.78 is 5.38. The van der Waals surface area contributed by atoms with Crippen LogP contribution in [-0.2, 0) is 14.3 Å². The minimum absolute atomic E-state index is 0.00167. The summed E-state index contributed by atoms with van der Waals surface area (Å²) in [4.78, 5) is 37.2. The number of hydrogen-bond acceptors (Lipinski definition) is 6. The van der Waals surface area contributed by atoms with Crippen molar-refractivity contribution in [3.63, 3.8) is 0 Å². The Morgan fingerprint density at radius 1 is 1.41 bits per heavy atom. The molecule has 0 aromatic carbocycles. The molecule has 120 valence electrons. The number of thioether (sulfide) groups is 1. The van der Waals surface area contributed by atoms with E-state index >= 15 is 0 Å². The number of nitrogens with zero attached hydrogens (tertiary/aromatic N) is 1. The zero-order chi connectivity index (χ0) is 16.5. The van der Waals surface area contributed by atoms with Crippen LogP contribution < -0.4 is 4.90 Å². The molecule has 0 bridgehead atoms. The molecule has 22 heavy (non-hydrogen) atoms. The van der Waals surface area contributed by atoms with Crippen molar-refractivity contribution in [2.45, 2.75) is 45.0 Å². The predicted molar refractivity (Wildman–Crippen MR) is 88.5 cm³/mol. The van der Waals surface area contributed by atoms with Crippen molar-refractivity contribution in [2.24, 2.45) is 0 Å². The fraction of sp³-hybridized carbons (Fsp3) is 0.533. The fourth-order valence-corrected chi connectivity index (χ4v) is 4.02. The maximum atomic E-state index is 12.3. The molecule has 1 saturated heterocycles. The van der Waals surface area contributed by atoms with E-state index in [2.05, 4.69) is 0 Å². The first-order valence-electron chi connectivity index (χ1n) is 6.96. The number of ether oxygens (including phenoxy) is 1. The van der Waals surface area contributed by atoms with Crippen LogP contribution in [0.5, 0.6) is 0 Å². The van der Waals surface area contributed by atoms with Crippen LogP contribution in [0.3, 0.4) is 0 Å². The molecule has 5 nitrogen and oxygen atoms in total. The van der Waals surface area contributed by atoms with E-state index in [1.54, 1.807) is 37.1 Å². The van der Waals surface area contributed by atoms with Crippen molar-refractivity contribution in [1.29, 1.82) is 0 Å². The summed E-state index contributed by atoms with van der Waals surface area (Å²) >= 11 is 2.51. The zero-order valence-electron chi connectivity index (χ0n) is 13.0. The smallest absolute Gasteiger partial charge is 0.341 e.